The molecule has 2 atom stereocenters. The number of unbranched alkanes of at least 4 members (excludes halogenated alkanes) is 26. The average molecular weight is 800 g/mol. The van der Waals surface area contributed by atoms with E-state index in [2.05, 4.69) is 38.2 Å². The molecule has 0 aliphatic rings. The summed E-state index contributed by atoms with van der Waals surface area (Å²) in [5.41, 5.74) is 5.35. The lowest BCUT2D eigenvalue weighted by molar-refractivity contribution is -0.161. The molecular formula is C45H86NO8P. The van der Waals surface area contributed by atoms with Crippen molar-refractivity contribution in [3.05, 3.63) is 24.3 Å². The molecule has 0 aliphatic heterocycles. The normalized spacial score (nSPS) is 13.5. The Morgan fingerprint density at radius 3 is 1.33 bits per heavy atom. The fraction of sp³-hybridized carbons (Fsp3) is 0.867. The lowest BCUT2D eigenvalue weighted by atomic mass is 10.1. The van der Waals surface area contributed by atoms with Gasteiger partial charge in [0.05, 0.1) is 13.2 Å². The van der Waals surface area contributed by atoms with E-state index in [0.29, 0.717) is 6.42 Å². The van der Waals surface area contributed by atoms with E-state index in [0.717, 1.165) is 38.5 Å². The molecule has 0 heterocycles. The van der Waals surface area contributed by atoms with E-state index in [1.54, 1.807) is 0 Å². The zero-order valence-corrected chi connectivity index (χ0v) is 36.6. The lowest BCUT2D eigenvalue weighted by Crippen LogP contribution is -2.29. The van der Waals surface area contributed by atoms with Crippen LogP contribution in [0.2, 0.25) is 0 Å². The van der Waals surface area contributed by atoms with Crippen molar-refractivity contribution in [2.75, 3.05) is 26.4 Å². The largest absolute Gasteiger partial charge is 0.472 e. The second-order valence-corrected chi connectivity index (χ2v) is 16.7. The third kappa shape index (κ3) is 41.9. The summed E-state index contributed by atoms with van der Waals surface area (Å²) in [5, 5.41) is 0. The summed E-state index contributed by atoms with van der Waals surface area (Å²) >= 11 is 0. The Morgan fingerprint density at radius 1 is 0.527 bits per heavy atom. The zero-order valence-electron chi connectivity index (χ0n) is 35.7. The highest BCUT2D eigenvalue weighted by Crippen LogP contribution is 2.43. The average Bonchev–Trinajstić information content (AvgIpc) is 3.17. The number of rotatable bonds is 43. The van der Waals surface area contributed by atoms with Crippen LogP contribution >= 0.6 is 7.82 Å². The summed E-state index contributed by atoms with van der Waals surface area (Å²) in [6, 6.07) is 0. The number of phosphoric acid groups is 1. The van der Waals surface area contributed by atoms with Gasteiger partial charge in [-0.25, -0.2) is 4.57 Å². The molecule has 0 aromatic rings. The van der Waals surface area contributed by atoms with Crippen LogP contribution in [0.4, 0.5) is 0 Å². The standard InChI is InChI=1S/C45H86NO8P/c1-3-5-7-9-11-13-15-17-19-20-21-22-24-25-27-29-31-33-35-37-44(47)51-41-43(42-53-55(49,50)52-40-39-46)54-45(48)38-36-34-32-30-28-26-23-18-16-14-12-10-8-6-4-2/h17,19,28,30,43H,3-16,18,20-27,29,31-42,46H2,1-2H3,(H,49,50)/b19-17+,30-28+/t43-/m1/s1. The van der Waals surface area contributed by atoms with Crippen molar-refractivity contribution < 1.29 is 37.6 Å². The van der Waals surface area contributed by atoms with Gasteiger partial charge >= 0.3 is 19.8 Å². The van der Waals surface area contributed by atoms with Gasteiger partial charge in [0.2, 0.25) is 0 Å². The molecule has 0 aliphatic carbocycles. The Morgan fingerprint density at radius 2 is 0.891 bits per heavy atom. The molecule has 3 N–H and O–H groups in total. The van der Waals surface area contributed by atoms with Crippen molar-refractivity contribution in [2.45, 2.75) is 225 Å². The fourth-order valence-electron chi connectivity index (χ4n) is 6.39. The number of phosphoric ester groups is 1. The van der Waals surface area contributed by atoms with E-state index < -0.39 is 26.5 Å². The number of carbonyl (C=O) groups is 2. The molecule has 0 rings (SSSR count). The summed E-state index contributed by atoms with van der Waals surface area (Å²) in [6.45, 7) is 3.72. The molecule has 0 bridgehead atoms. The number of nitrogens with two attached hydrogens (primary N) is 1. The summed E-state index contributed by atoms with van der Waals surface area (Å²) in [7, 11) is -4.38. The molecule has 0 fully saturated rings. The lowest BCUT2D eigenvalue weighted by Gasteiger charge is -2.19. The van der Waals surface area contributed by atoms with Crippen molar-refractivity contribution in [1.82, 2.24) is 0 Å². The minimum Gasteiger partial charge on any atom is -0.462 e. The van der Waals surface area contributed by atoms with E-state index in [9.17, 15) is 19.0 Å². The second kappa shape index (κ2) is 42.1. The predicted molar refractivity (Wildman–Crippen MR) is 229 cm³/mol. The smallest absolute Gasteiger partial charge is 0.462 e. The number of hydrogen-bond donors (Lipinski definition) is 2. The molecule has 0 saturated carbocycles. The Kier molecular flexibility index (Phi) is 40.9. The van der Waals surface area contributed by atoms with Gasteiger partial charge in [0, 0.05) is 19.4 Å². The minimum absolute atomic E-state index is 0.0515. The molecule has 55 heavy (non-hydrogen) atoms. The highest BCUT2D eigenvalue weighted by molar-refractivity contribution is 7.47. The summed E-state index contributed by atoms with van der Waals surface area (Å²) < 4.78 is 32.8. The number of allylic oxidation sites excluding steroid dienone is 4. The summed E-state index contributed by atoms with van der Waals surface area (Å²) in [6.07, 6.45) is 45.0. The molecule has 0 amide bonds. The van der Waals surface area contributed by atoms with Gasteiger partial charge in [-0.15, -0.1) is 0 Å². The maximum atomic E-state index is 12.6. The van der Waals surface area contributed by atoms with Gasteiger partial charge in [-0.3, -0.25) is 18.6 Å². The Bertz CT molecular complexity index is 959. The highest BCUT2D eigenvalue weighted by Gasteiger charge is 2.26. The number of esters is 2. The predicted octanol–water partition coefficient (Wildman–Crippen LogP) is 13.2. The zero-order chi connectivity index (χ0) is 40.3. The van der Waals surface area contributed by atoms with Crippen LogP contribution in [0.3, 0.4) is 0 Å². The van der Waals surface area contributed by atoms with Crippen LogP contribution in [-0.4, -0.2) is 49.3 Å². The highest BCUT2D eigenvalue weighted by atomic mass is 31.2. The fourth-order valence-corrected chi connectivity index (χ4v) is 7.15. The SMILES string of the molecule is CCCCCCCC/C=C/CCCCCCCCCCCC(=O)OC[C@H](COP(=O)(O)OCCN)OC(=O)CCCC/C=C/CCCCCCCCCCC. The van der Waals surface area contributed by atoms with Crippen molar-refractivity contribution in [2.24, 2.45) is 5.73 Å². The first-order chi connectivity index (χ1) is 26.8. The van der Waals surface area contributed by atoms with Gasteiger partial charge in [0.1, 0.15) is 6.61 Å². The maximum Gasteiger partial charge on any atom is 0.472 e. The Hall–Kier alpha value is -1.51. The summed E-state index contributed by atoms with van der Waals surface area (Å²) in [5.74, 6) is -0.850. The van der Waals surface area contributed by atoms with Gasteiger partial charge < -0.3 is 20.1 Å². The number of ether oxygens (including phenoxy) is 2. The van der Waals surface area contributed by atoms with Crippen LogP contribution in [0, 0.1) is 0 Å². The van der Waals surface area contributed by atoms with Crippen LogP contribution in [0.15, 0.2) is 24.3 Å². The van der Waals surface area contributed by atoms with Gasteiger partial charge in [0.15, 0.2) is 6.10 Å². The molecule has 0 spiro atoms. The minimum atomic E-state index is -4.38. The van der Waals surface area contributed by atoms with Crippen molar-refractivity contribution in [3.63, 3.8) is 0 Å². The first kappa shape index (κ1) is 53.5. The van der Waals surface area contributed by atoms with E-state index in [4.69, 9.17) is 24.3 Å². The van der Waals surface area contributed by atoms with Gasteiger partial charge in [-0.2, -0.15) is 0 Å². The first-order valence-corrected chi connectivity index (χ1v) is 24.3. The molecule has 0 saturated heterocycles. The first-order valence-electron chi connectivity index (χ1n) is 22.8. The van der Waals surface area contributed by atoms with E-state index in [1.165, 1.54) is 148 Å². The molecular weight excluding hydrogens is 713 g/mol. The molecule has 0 aromatic heterocycles. The van der Waals surface area contributed by atoms with E-state index in [1.807, 2.05) is 0 Å². The topological polar surface area (TPSA) is 134 Å². The van der Waals surface area contributed by atoms with Crippen LogP contribution in [0.5, 0.6) is 0 Å². The molecule has 0 radical (unpaired) electrons. The van der Waals surface area contributed by atoms with Gasteiger partial charge in [0.25, 0.3) is 0 Å². The van der Waals surface area contributed by atoms with Crippen molar-refractivity contribution >= 4 is 19.8 Å². The van der Waals surface area contributed by atoms with Crippen LogP contribution in [0.1, 0.15) is 219 Å². The Balaban J connectivity index is 4.12. The second-order valence-electron chi connectivity index (χ2n) is 15.3. The van der Waals surface area contributed by atoms with Crippen LogP contribution < -0.4 is 5.73 Å². The third-order valence-electron chi connectivity index (χ3n) is 9.81. The van der Waals surface area contributed by atoms with E-state index >= 15 is 0 Å². The van der Waals surface area contributed by atoms with Crippen LogP contribution in [0.25, 0.3) is 0 Å². The molecule has 1 unspecified atom stereocenters. The summed E-state index contributed by atoms with van der Waals surface area (Å²) in [4.78, 5) is 34.9. The molecule has 9 nitrogen and oxygen atoms in total. The van der Waals surface area contributed by atoms with Crippen molar-refractivity contribution in [3.8, 4) is 0 Å². The molecule has 0 aromatic carbocycles. The van der Waals surface area contributed by atoms with Gasteiger partial charge in [-0.1, -0.05) is 167 Å². The van der Waals surface area contributed by atoms with Gasteiger partial charge in [-0.05, 0) is 64.2 Å². The molecule has 324 valence electrons. The number of hydrogen-bond acceptors (Lipinski definition) is 8. The van der Waals surface area contributed by atoms with Crippen molar-refractivity contribution in [1.29, 1.82) is 0 Å². The quantitative estimate of drug-likeness (QED) is 0.0267. The number of carbonyl (C=O) groups excluding carboxylic acids is 2. The monoisotopic (exact) mass is 800 g/mol. The third-order valence-corrected chi connectivity index (χ3v) is 10.8. The molecule has 10 heteroatoms. The van der Waals surface area contributed by atoms with E-state index in [-0.39, 0.29) is 38.6 Å². The Labute approximate surface area is 338 Å². The van der Waals surface area contributed by atoms with Crippen LogP contribution in [-0.2, 0) is 32.7 Å². The maximum absolute atomic E-state index is 12.6.